The molecule has 2 saturated heterocycles. The highest BCUT2D eigenvalue weighted by molar-refractivity contribution is 7.91. The van der Waals surface area contributed by atoms with E-state index >= 15 is 0 Å². The molecule has 0 radical (unpaired) electrons. The molecule has 2 heterocycles. The average molecular weight is 368 g/mol. The van der Waals surface area contributed by atoms with Crippen molar-refractivity contribution in [1.29, 1.82) is 0 Å². The first-order valence-corrected chi connectivity index (χ1v) is 10.5. The summed E-state index contributed by atoms with van der Waals surface area (Å²) in [5.41, 5.74) is 7.13. The molecule has 0 saturated carbocycles. The van der Waals surface area contributed by atoms with Crippen molar-refractivity contribution in [3.8, 4) is 0 Å². The lowest BCUT2D eigenvalue weighted by atomic mass is 10.0. The maximum atomic E-state index is 13.0. The molecule has 2 fully saturated rings. The van der Waals surface area contributed by atoms with Crippen LogP contribution >= 0.6 is 0 Å². The Bertz CT molecular complexity index is 699. The summed E-state index contributed by atoms with van der Waals surface area (Å²) in [6.07, 6.45) is 1.36. The van der Waals surface area contributed by atoms with Crippen LogP contribution in [0.15, 0.2) is 29.3 Å². The van der Waals surface area contributed by atoms with Gasteiger partial charge in [0.25, 0.3) is 0 Å². The lowest BCUT2D eigenvalue weighted by Crippen LogP contribution is -2.51. The highest BCUT2D eigenvalue weighted by atomic mass is 32.2. The first-order chi connectivity index (χ1) is 11.9. The number of guanidine groups is 1. The first kappa shape index (κ1) is 18.0. The molecule has 25 heavy (non-hydrogen) atoms. The molecular formula is C17H25FN4O2S. The fraction of sp³-hybridized carbons (Fsp3) is 0.588. The molecule has 0 aliphatic carbocycles. The highest BCUT2D eigenvalue weighted by Gasteiger charge is 2.24. The average Bonchev–Trinajstić information content (AvgIpc) is 2.61. The van der Waals surface area contributed by atoms with Crippen molar-refractivity contribution in [3.63, 3.8) is 0 Å². The Morgan fingerprint density at radius 1 is 1.12 bits per heavy atom. The number of sulfone groups is 1. The third-order valence-electron chi connectivity index (χ3n) is 4.98. The van der Waals surface area contributed by atoms with Crippen molar-refractivity contribution >= 4 is 21.5 Å². The molecule has 3 rings (SSSR count). The Balaban J connectivity index is 1.48. The predicted molar refractivity (Wildman–Crippen MR) is 98.1 cm³/mol. The van der Waals surface area contributed by atoms with E-state index < -0.39 is 9.84 Å². The van der Waals surface area contributed by atoms with Gasteiger partial charge in [0.1, 0.15) is 15.7 Å². The molecule has 0 atom stereocenters. The van der Waals surface area contributed by atoms with Crippen LogP contribution in [0.1, 0.15) is 12.8 Å². The fourth-order valence-corrected chi connectivity index (χ4v) is 4.88. The van der Waals surface area contributed by atoms with E-state index in [9.17, 15) is 12.8 Å². The number of nitrogens with two attached hydrogens (primary N) is 1. The topological polar surface area (TPSA) is 79.0 Å². The number of anilines is 1. The second kappa shape index (κ2) is 7.59. The van der Waals surface area contributed by atoms with Gasteiger partial charge in [0, 0.05) is 38.4 Å². The van der Waals surface area contributed by atoms with Gasteiger partial charge in [-0.05, 0) is 43.0 Å². The predicted octanol–water partition coefficient (Wildman–Crippen LogP) is 1.09. The van der Waals surface area contributed by atoms with Crippen molar-refractivity contribution in [2.45, 2.75) is 12.8 Å². The number of halogens is 1. The lowest BCUT2D eigenvalue weighted by Gasteiger charge is -2.36. The van der Waals surface area contributed by atoms with E-state index in [4.69, 9.17) is 5.73 Å². The van der Waals surface area contributed by atoms with Crippen LogP contribution < -0.4 is 10.6 Å². The molecule has 2 N–H and O–H groups in total. The minimum Gasteiger partial charge on any atom is -0.370 e. The largest absolute Gasteiger partial charge is 0.370 e. The van der Waals surface area contributed by atoms with Gasteiger partial charge in [-0.2, -0.15) is 0 Å². The number of piperazine rings is 1. The normalized spacial score (nSPS) is 22.2. The maximum Gasteiger partial charge on any atom is 0.191 e. The quantitative estimate of drug-likeness (QED) is 0.638. The van der Waals surface area contributed by atoms with Crippen molar-refractivity contribution in [3.05, 3.63) is 30.1 Å². The molecule has 6 nitrogen and oxygen atoms in total. The summed E-state index contributed by atoms with van der Waals surface area (Å²) in [6.45, 7) is 3.75. The fourth-order valence-electron chi connectivity index (χ4n) is 3.29. The molecule has 138 valence electrons. The second-order valence-corrected chi connectivity index (χ2v) is 9.05. The zero-order valence-corrected chi connectivity index (χ0v) is 15.1. The van der Waals surface area contributed by atoms with Crippen LogP contribution in [0.3, 0.4) is 0 Å². The summed E-state index contributed by atoms with van der Waals surface area (Å²) in [5.74, 6) is 1.15. The van der Waals surface area contributed by atoms with E-state index in [-0.39, 0.29) is 17.3 Å². The van der Waals surface area contributed by atoms with E-state index in [1.54, 1.807) is 12.1 Å². The zero-order chi connectivity index (χ0) is 17.9. The minimum atomic E-state index is -2.83. The van der Waals surface area contributed by atoms with Crippen LogP contribution in [0, 0.1) is 11.7 Å². The van der Waals surface area contributed by atoms with E-state index in [0.29, 0.717) is 31.3 Å². The van der Waals surface area contributed by atoms with Gasteiger partial charge in [0.2, 0.25) is 0 Å². The number of aliphatic imine (C=N–C) groups is 1. The summed E-state index contributed by atoms with van der Waals surface area (Å²) in [6, 6.07) is 6.53. The summed E-state index contributed by atoms with van der Waals surface area (Å²) in [5, 5.41) is 0. The lowest BCUT2D eigenvalue weighted by molar-refractivity contribution is 0.378. The van der Waals surface area contributed by atoms with E-state index in [1.165, 1.54) is 12.1 Å². The van der Waals surface area contributed by atoms with Crippen molar-refractivity contribution < 1.29 is 12.8 Å². The Hall–Kier alpha value is -1.83. The van der Waals surface area contributed by atoms with Crippen LogP contribution in [-0.4, -0.2) is 63.5 Å². The van der Waals surface area contributed by atoms with Gasteiger partial charge in [-0.3, -0.25) is 4.99 Å². The maximum absolute atomic E-state index is 13.0. The highest BCUT2D eigenvalue weighted by Crippen LogP contribution is 2.20. The van der Waals surface area contributed by atoms with E-state index in [2.05, 4.69) is 14.8 Å². The molecular weight excluding hydrogens is 343 g/mol. The van der Waals surface area contributed by atoms with Gasteiger partial charge >= 0.3 is 0 Å². The standard InChI is InChI=1S/C17H25FN4O2S/c18-15-1-3-16(4-2-15)21-7-9-22(10-8-21)17(19)20-13-14-5-11-25(23,24)12-6-14/h1-4,14H,5-13H2,(H2,19,20). The minimum absolute atomic E-state index is 0.228. The number of hydrogen-bond donors (Lipinski definition) is 1. The van der Waals surface area contributed by atoms with Gasteiger partial charge in [-0.15, -0.1) is 0 Å². The number of rotatable bonds is 3. The third kappa shape index (κ3) is 4.84. The molecule has 8 heteroatoms. The van der Waals surface area contributed by atoms with Crippen LogP contribution in [0.25, 0.3) is 0 Å². The number of hydrogen-bond acceptors (Lipinski definition) is 4. The molecule has 0 spiro atoms. The second-order valence-electron chi connectivity index (χ2n) is 6.74. The SMILES string of the molecule is NC(=NCC1CCS(=O)(=O)CC1)N1CCN(c2ccc(F)cc2)CC1. The summed E-state index contributed by atoms with van der Waals surface area (Å²) >= 11 is 0. The molecule has 0 bridgehead atoms. The third-order valence-corrected chi connectivity index (χ3v) is 6.70. The molecule has 1 aromatic carbocycles. The van der Waals surface area contributed by atoms with Crippen molar-refractivity contribution in [2.75, 3.05) is 49.1 Å². The van der Waals surface area contributed by atoms with Crippen LogP contribution in [0.4, 0.5) is 10.1 Å². The van der Waals surface area contributed by atoms with Crippen molar-refractivity contribution in [2.24, 2.45) is 16.6 Å². The molecule has 0 amide bonds. The van der Waals surface area contributed by atoms with Gasteiger partial charge in [0.05, 0.1) is 11.5 Å². The Morgan fingerprint density at radius 3 is 2.32 bits per heavy atom. The molecule has 2 aliphatic rings. The van der Waals surface area contributed by atoms with Gasteiger partial charge in [-0.1, -0.05) is 0 Å². The number of nitrogens with zero attached hydrogens (tertiary/aromatic N) is 3. The Kier molecular flexibility index (Phi) is 5.46. The molecule has 0 unspecified atom stereocenters. The molecule has 2 aliphatic heterocycles. The zero-order valence-electron chi connectivity index (χ0n) is 14.3. The molecule has 1 aromatic rings. The van der Waals surface area contributed by atoms with E-state index in [1.807, 2.05) is 0 Å². The van der Waals surface area contributed by atoms with Crippen LogP contribution in [0.5, 0.6) is 0 Å². The summed E-state index contributed by atoms with van der Waals surface area (Å²) in [7, 11) is -2.83. The first-order valence-electron chi connectivity index (χ1n) is 8.69. The van der Waals surface area contributed by atoms with Crippen LogP contribution in [0.2, 0.25) is 0 Å². The summed E-state index contributed by atoms with van der Waals surface area (Å²) < 4.78 is 35.9. The van der Waals surface area contributed by atoms with Gasteiger partial charge in [0.15, 0.2) is 5.96 Å². The van der Waals surface area contributed by atoms with Gasteiger partial charge < -0.3 is 15.5 Å². The Labute approximate surface area is 148 Å². The van der Waals surface area contributed by atoms with Crippen LogP contribution in [-0.2, 0) is 9.84 Å². The summed E-state index contributed by atoms with van der Waals surface area (Å²) in [4.78, 5) is 8.74. The Morgan fingerprint density at radius 2 is 1.72 bits per heavy atom. The van der Waals surface area contributed by atoms with Gasteiger partial charge in [-0.25, -0.2) is 12.8 Å². The molecule has 0 aromatic heterocycles. The number of benzene rings is 1. The van der Waals surface area contributed by atoms with E-state index in [0.717, 1.165) is 31.9 Å². The monoisotopic (exact) mass is 368 g/mol. The van der Waals surface area contributed by atoms with Crippen molar-refractivity contribution in [1.82, 2.24) is 4.90 Å². The smallest absolute Gasteiger partial charge is 0.191 e.